The van der Waals surface area contributed by atoms with Gasteiger partial charge in [0.05, 0.1) is 29.5 Å². The third kappa shape index (κ3) is 7.60. The summed E-state index contributed by atoms with van der Waals surface area (Å²) in [7, 11) is -2.06. The average molecular weight is 516 g/mol. The lowest BCUT2D eigenvalue weighted by atomic mass is 9.78. The lowest BCUT2D eigenvalue weighted by molar-refractivity contribution is -0.121. The fourth-order valence-corrected chi connectivity index (χ4v) is 4.06. The van der Waals surface area contributed by atoms with Gasteiger partial charge in [-0.3, -0.25) is 4.79 Å². The number of carbonyl (C=O) groups excluding carboxylic acids is 1. The molecule has 0 radical (unpaired) electrons. The number of hydrogen-bond donors (Lipinski definition) is 0. The van der Waals surface area contributed by atoms with Crippen molar-refractivity contribution in [2.75, 3.05) is 33.1 Å². The molecule has 0 N–H and O–H groups in total. The number of halogens is 2. The second-order valence-corrected chi connectivity index (χ2v) is 11.4. The number of likely N-dealkylation sites (N-methyl/N-ethyl adjacent to an activating group) is 1. The van der Waals surface area contributed by atoms with Crippen LogP contribution in [0.5, 0.6) is 11.5 Å². The van der Waals surface area contributed by atoms with Crippen molar-refractivity contribution >= 4 is 39.0 Å². The van der Waals surface area contributed by atoms with Crippen molar-refractivity contribution in [2.24, 2.45) is 0 Å². The summed E-state index contributed by atoms with van der Waals surface area (Å²) in [6.07, 6.45) is 3.00. The Morgan fingerprint density at radius 1 is 1.03 bits per heavy atom. The topological polar surface area (TPSA) is 72.9 Å². The van der Waals surface area contributed by atoms with Crippen LogP contribution >= 0.6 is 23.2 Å². The number of hydrogen-bond acceptors (Lipinski definition) is 5. The van der Waals surface area contributed by atoms with Gasteiger partial charge in [-0.05, 0) is 41.8 Å². The van der Waals surface area contributed by atoms with Crippen molar-refractivity contribution in [1.29, 1.82) is 0 Å². The van der Waals surface area contributed by atoms with E-state index in [0.717, 1.165) is 34.5 Å². The molecule has 0 aromatic heterocycles. The molecule has 0 fully saturated rings. The summed E-state index contributed by atoms with van der Waals surface area (Å²) in [5.41, 5.74) is 1.54. The average Bonchev–Trinajstić information content (AvgIpc) is 2.73. The summed E-state index contributed by atoms with van der Waals surface area (Å²) in [6, 6.07) is 11.1. The molecule has 0 aliphatic heterocycles. The summed E-state index contributed by atoms with van der Waals surface area (Å²) in [5, 5.41) is 0.943. The summed E-state index contributed by atoms with van der Waals surface area (Å²) in [6.45, 7) is 6.33. The number of unbranched alkanes of at least 4 members (excludes halogenated alkanes) is 1. The molecule has 182 valence electrons. The zero-order chi connectivity index (χ0) is 24.8. The maximum atomic E-state index is 12.0. The number of ether oxygens (including phenoxy) is 2. The lowest BCUT2D eigenvalue weighted by Crippen LogP contribution is -2.33. The molecule has 0 bridgehead atoms. The van der Waals surface area contributed by atoms with Gasteiger partial charge < -0.3 is 9.47 Å². The van der Waals surface area contributed by atoms with Crippen LogP contribution in [0.25, 0.3) is 0 Å². The van der Waals surface area contributed by atoms with Crippen LogP contribution in [0.3, 0.4) is 0 Å². The van der Waals surface area contributed by atoms with Crippen LogP contribution < -0.4 is 9.47 Å². The highest BCUT2D eigenvalue weighted by Gasteiger charge is 2.26. The van der Waals surface area contributed by atoms with Crippen molar-refractivity contribution in [2.45, 2.75) is 39.0 Å². The van der Waals surface area contributed by atoms with E-state index < -0.39 is 15.4 Å². The molecule has 2 aromatic carbocycles. The minimum absolute atomic E-state index is 0.215. The molecule has 2 aromatic rings. The second kappa shape index (κ2) is 11.6. The van der Waals surface area contributed by atoms with Crippen LogP contribution in [0.4, 0.5) is 0 Å². The van der Waals surface area contributed by atoms with Crippen molar-refractivity contribution < 1.29 is 22.7 Å². The molecule has 0 amide bonds. The largest absolute Gasteiger partial charge is 0.490 e. The third-order valence-corrected chi connectivity index (χ3v) is 7.23. The molecule has 0 aliphatic carbocycles. The quantitative estimate of drug-likeness (QED) is 0.356. The zero-order valence-electron chi connectivity index (χ0n) is 19.7. The van der Waals surface area contributed by atoms with Crippen LogP contribution in [0.1, 0.15) is 44.7 Å². The minimum Gasteiger partial charge on any atom is -0.490 e. The van der Waals surface area contributed by atoms with E-state index >= 15 is 0 Å². The molecular weight excluding hydrogens is 485 g/mol. The number of rotatable bonds is 12. The Kier molecular flexibility index (Phi) is 9.61. The SMILES string of the molecule is CCCCOc1c(Cl)cc(C(C)(C)c2ccc(OCC(=O)CN(C)S(C)(=O)=O)cc2)cc1Cl. The second-order valence-electron chi connectivity index (χ2n) is 8.47. The first-order valence-corrected chi connectivity index (χ1v) is 13.2. The molecule has 2 rings (SSSR count). The van der Waals surface area contributed by atoms with Gasteiger partial charge in [-0.25, -0.2) is 8.42 Å². The number of Topliss-reactive ketones (excluding diaryl/α,β-unsaturated/α-hetero) is 1. The van der Waals surface area contributed by atoms with Gasteiger partial charge in [-0.15, -0.1) is 0 Å². The van der Waals surface area contributed by atoms with Crippen LogP contribution in [0.2, 0.25) is 10.0 Å². The van der Waals surface area contributed by atoms with E-state index in [4.69, 9.17) is 32.7 Å². The predicted octanol–water partition coefficient (Wildman–Crippen LogP) is 5.34. The van der Waals surface area contributed by atoms with Crippen molar-refractivity contribution in [3.63, 3.8) is 0 Å². The van der Waals surface area contributed by atoms with E-state index in [-0.39, 0.29) is 18.9 Å². The highest BCUT2D eigenvalue weighted by atomic mass is 35.5. The van der Waals surface area contributed by atoms with E-state index in [1.165, 1.54) is 7.05 Å². The Hall–Kier alpha value is -1.80. The van der Waals surface area contributed by atoms with Crippen LogP contribution in [0, 0.1) is 0 Å². The minimum atomic E-state index is -3.41. The van der Waals surface area contributed by atoms with Crippen molar-refractivity contribution in [3.05, 3.63) is 57.6 Å². The molecule has 0 atom stereocenters. The van der Waals surface area contributed by atoms with Crippen LogP contribution in [0.15, 0.2) is 36.4 Å². The molecule has 33 heavy (non-hydrogen) atoms. The van der Waals surface area contributed by atoms with Gasteiger partial charge in [0.15, 0.2) is 11.5 Å². The van der Waals surface area contributed by atoms with Gasteiger partial charge in [0.2, 0.25) is 10.0 Å². The van der Waals surface area contributed by atoms with Gasteiger partial charge >= 0.3 is 0 Å². The van der Waals surface area contributed by atoms with E-state index in [9.17, 15) is 13.2 Å². The van der Waals surface area contributed by atoms with E-state index in [0.29, 0.717) is 28.2 Å². The molecule has 9 heteroatoms. The Balaban J connectivity index is 2.09. The highest BCUT2D eigenvalue weighted by molar-refractivity contribution is 7.88. The zero-order valence-corrected chi connectivity index (χ0v) is 22.0. The molecule has 0 unspecified atom stereocenters. The standard InChI is InChI=1S/C24H31Cl2NO5S/c1-6-7-12-31-23-21(25)13-18(14-22(23)26)24(2,3)17-8-10-20(11-9-17)32-16-19(28)15-27(4)33(5,29)30/h8-11,13-14H,6-7,12,15-16H2,1-5H3. The Labute approximate surface area is 206 Å². The van der Waals surface area contributed by atoms with Crippen molar-refractivity contribution in [3.8, 4) is 11.5 Å². The Morgan fingerprint density at radius 2 is 1.61 bits per heavy atom. The fraction of sp³-hybridized carbons (Fsp3) is 0.458. The number of sulfonamides is 1. The smallest absolute Gasteiger partial charge is 0.211 e. The van der Waals surface area contributed by atoms with E-state index in [1.54, 1.807) is 12.1 Å². The number of carbonyl (C=O) groups is 1. The van der Waals surface area contributed by atoms with Crippen LogP contribution in [-0.4, -0.2) is 51.6 Å². The molecule has 0 heterocycles. The van der Waals surface area contributed by atoms with E-state index in [2.05, 4.69) is 20.8 Å². The fourth-order valence-electron chi connectivity index (χ4n) is 3.09. The number of benzene rings is 2. The molecule has 0 saturated carbocycles. The van der Waals surface area contributed by atoms with E-state index in [1.807, 2.05) is 24.3 Å². The van der Waals surface area contributed by atoms with Gasteiger partial charge in [0.1, 0.15) is 12.4 Å². The van der Waals surface area contributed by atoms with Gasteiger partial charge in [-0.1, -0.05) is 62.5 Å². The van der Waals surface area contributed by atoms with Gasteiger partial charge in [0, 0.05) is 12.5 Å². The molecular formula is C24H31Cl2NO5S. The highest BCUT2D eigenvalue weighted by Crippen LogP contribution is 2.40. The molecule has 0 aliphatic rings. The van der Waals surface area contributed by atoms with Gasteiger partial charge in [0.25, 0.3) is 0 Å². The summed E-state index contributed by atoms with van der Waals surface area (Å²) < 4.78 is 35.1. The summed E-state index contributed by atoms with van der Waals surface area (Å²) in [5.74, 6) is 0.680. The van der Waals surface area contributed by atoms with Crippen molar-refractivity contribution in [1.82, 2.24) is 4.31 Å². The summed E-state index contributed by atoms with van der Waals surface area (Å²) in [4.78, 5) is 12.0. The third-order valence-electron chi connectivity index (χ3n) is 5.41. The lowest BCUT2D eigenvalue weighted by Gasteiger charge is -2.27. The molecule has 6 nitrogen and oxygen atoms in total. The first-order valence-electron chi connectivity index (χ1n) is 10.6. The predicted molar refractivity (Wildman–Crippen MR) is 133 cm³/mol. The number of ketones is 1. The Bertz CT molecular complexity index is 1050. The maximum absolute atomic E-state index is 12.0. The van der Waals surface area contributed by atoms with Crippen LogP contribution in [-0.2, 0) is 20.2 Å². The normalized spacial score (nSPS) is 12.1. The Morgan fingerprint density at radius 3 is 2.12 bits per heavy atom. The molecule has 0 spiro atoms. The monoisotopic (exact) mass is 515 g/mol. The van der Waals surface area contributed by atoms with Gasteiger partial charge in [-0.2, -0.15) is 4.31 Å². The first-order chi connectivity index (χ1) is 15.4. The first kappa shape index (κ1) is 27.4. The number of nitrogens with zero attached hydrogens (tertiary/aromatic N) is 1. The molecule has 0 saturated heterocycles. The maximum Gasteiger partial charge on any atom is 0.211 e. The summed E-state index contributed by atoms with van der Waals surface area (Å²) >= 11 is 12.9.